The van der Waals surface area contributed by atoms with Gasteiger partial charge in [0.1, 0.15) is 5.75 Å². The molecule has 0 fully saturated rings. The molecule has 10 heteroatoms. The standard InChI is InChI=1S/C30H35N3O5S2/c1-3-21(2)17-33(40(37,38)26-12-13-27-29(16-26)39-20-31-27)18-24(19-34)28(14-22-8-5-4-6-9-22)32-30(36)23-10-7-11-25(35)15-23/h4-13,15-16,20-21,24,28,34-35H,3,14,17-19H2,1-2H3,(H,32,36). The van der Waals surface area contributed by atoms with Crippen molar-refractivity contribution in [3.63, 3.8) is 0 Å². The Morgan fingerprint density at radius 3 is 2.52 bits per heavy atom. The Labute approximate surface area is 239 Å². The summed E-state index contributed by atoms with van der Waals surface area (Å²) in [5.74, 6) is -0.972. The first-order valence-electron chi connectivity index (χ1n) is 13.3. The number of thiazole rings is 1. The number of aliphatic hydroxyl groups excluding tert-OH is 1. The van der Waals surface area contributed by atoms with Gasteiger partial charge in [0.2, 0.25) is 10.0 Å². The van der Waals surface area contributed by atoms with Crippen LogP contribution in [0.4, 0.5) is 0 Å². The van der Waals surface area contributed by atoms with E-state index in [2.05, 4.69) is 10.3 Å². The third-order valence-corrected chi connectivity index (χ3v) is 9.74. The van der Waals surface area contributed by atoms with Crippen molar-refractivity contribution in [2.45, 2.75) is 37.6 Å². The van der Waals surface area contributed by atoms with Crippen LogP contribution in [-0.2, 0) is 16.4 Å². The molecule has 0 radical (unpaired) electrons. The van der Waals surface area contributed by atoms with Crippen molar-refractivity contribution in [3.8, 4) is 5.75 Å². The molecule has 0 aliphatic rings. The van der Waals surface area contributed by atoms with Crippen LogP contribution in [-0.4, -0.2) is 59.6 Å². The SMILES string of the molecule is CCC(C)CN(CC(CO)C(Cc1ccccc1)NC(=O)c1cccc(O)c1)S(=O)(=O)c1ccc2ncsc2c1. The molecule has 1 aromatic heterocycles. The fourth-order valence-electron chi connectivity index (χ4n) is 4.57. The van der Waals surface area contributed by atoms with Crippen LogP contribution in [0, 0.1) is 11.8 Å². The molecule has 8 nitrogen and oxygen atoms in total. The van der Waals surface area contributed by atoms with Gasteiger partial charge in [0.15, 0.2) is 0 Å². The third-order valence-electron chi connectivity index (χ3n) is 7.12. The summed E-state index contributed by atoms with van der Waals surface area (Å²) in [6, 6.07) is 19.9. The summed E-state index contributed by atoms with van der Waals surface area (Å²) >= 11 is 1.38. The first-order valence-corrected chi connectivity index (χ1v) is 15.6. The summed E-state index contributed by atoms with van der Waals surface area (Å²) in [5.41, 5.74) is 3.64. The molecular weight excluding hydrogens is 546 g/mol. The topological polar surface area (TPSA) is 120 Å². The summed E-state index contributed by atoms with van der Waals surface area (Å²) in [4.78, 5) is 17.6. The Morgan fingerprint density at radius 1 is 1.05 bits per heavy atom. The number of rotatable bonds is 13. The van der Waals surface area contributed by atoms with Gasteiger partial charge in [-0.3, -0.25) is 4.79 Å². The number of aromatic nitrogens is 1. The first-order chi connectivity index (χ1) is 19.2. The van der Waals surface area contributed by atoms with Crippen LogP contribution in [0.5, 0.6) is 5.75 Å². The Morgan fingerprint density at radius 2 is 1.82 bits per heavy atom. The monoisotopic (exact) mass is 581 g/mol. The minimum atomic E-state index is -3.92. The van der Waals surface area contributed by atoms with Crippen molar-refractivity contribution in [2.75, 3.05) is 19.7 Å². The largest absolute Gasteiger partial charge is 0.508 e. The van der Waals surface area contributed by atoms with Crippen molar-refractivity contribution < 1.29 is 23.4 Å². The lowest BCUT2D eigenvalue weighted by Crippen LogP contribution is -2.49. The molecule has 4 rings (SSSR count). The van der Waals surface area contributed by atoms with E-state index in [9.17, 15) is 23.4 Å². The molecule has 3 N–H and O–H groups in total. The number of carbonyl (C=O) groups excluding carboxylic acids is 1. The number of amides is 1. The van der Waals surface area contributed by atoms with E-state index >= 15 is 0 Å². The summed E-state index contributed by atoms with van der Waals surface area (Å²) in [6.45, 7) is 3.96. The molecule has 3 atom stereocenters. The maximum atomic E-state index is 14.0. The molecule has 3 unspecified atom stereocenters. The number of benzene rings is 3. The van der Waals surface area contributed by atoms with Crippen LogP contribution < -0.4 is 5.32 Å². The normalized spacial score (nSPS) is 14.2. The number of phenols is 1. The number of nitrogens with zero attached hydrogens (tertiary/aromatic N) is 2. The highest BCUT2D eigenvalue weighted by molar-refractivity contribution is 7.89. The Hall–Kier alpha value is -3.31. The lowest BCUT2D eigenvalue weighted by atomic mass is 9.93. The van der Waals surface area contributed by atoms with Gasteiger partial charge >= 0.3 is 0 Å². The van der Waals surface area contributed by atoms with Gasteiger partial charge in [-0.25, -0.2) is 13.4 Å². The smallest absolute Gasteiger partial charge is 0.251 e. The van der Waals surface area contributed by atoms with Gasteiger partial charge < -0.3 is 15.5 Å². The number of sulfonamides is 1. The minimum Gasteiger partial charge on any atom is -0.508 e. The molecule has 0 aliphatic carbocycles. The fraction of sp³-hybridized carbons (Fsp3) is 0.333. The van der Waals surface area contributed by atoms with E-state index in [0.29, 0.717) is 6.42 Å². The number of hydrogen-bond acceptors (Lipinski definition) is 7. The van der Waals surface area contributed by atoms with E-state index in [1.807, 2.05) is 44.2 Å². The van der Waals surface area contributed by atoms with E-state index in [1.54, 1.807) is 35.8 Å². The first kappa shape index (κ1) is 29.7. The van der Waals surface area contributed by atoms with Crippen molar-refractivity contribution in [2.24, 2.45) is 11.8 Å². The number of phenolic OH excluding ortho intramolecular Hbond substituents is 1. The zero-order valence-corrected chi connectivity index (χ0v) is 24.2. The van der Waals surface area contributed by atoms with E-state index in [-0.39, 0.29) is 41.8 Å². The Balaban J connectivity index is 1.66. The second kappa shape index (κ2) is 13.4. The molecule has 1 amide bonds. The van der Waals surface area contributed by atoms with Gasteiger partial charge in [0, 0.05) is 37.2 Å². The van der Waals surface area contributed by atoms with Gasteiger partial charge in [0.25, 0.3) is 5.91 Å². The molecule has 0 bridgehead atoms. The predicted octanol–water partition coefficient (Wildman–Crippen LogP) is 4.69. The lowest BCUT2D eigenvalue weighted by Gasteiger charge is -2.33. The molecular formula is C30H35N3O5S2. The third kappa shape index (κ3) is 7.25. The van der Waals surface area contributed by atoms with E-state index < -0.39 is 27.9 Å². The van der Waals surface area contributed by atoms with Crippen LogP contribution in [0.1, 0.15) is 36.2 Å². The van der Waals surface area contributed by atoms with E-state index in [4.69, 9.17) is 0 Å². The van der Waals surface area contributed by atoms with E-state index in [0.717, 1.165) is 22.2 Å². The molecule has 212 valence electrons. The number of fused-ring (bicyclic) bond motifs is 1. The van der Waals surface area contributed by atoms with Crippen molar-refractivity contribution in [1.29, 1.82) is 0 Å². The summed E-state index contributed by atoms with van der Waals surface area (Å²) < 4.78 is 30.2. The average Bonchev–Trinajstić information content (AvgIpc) is 3.43. The molecule has 0 spiro atoms. The Kier molecular flexibility index (Phi) is 9.91. The second-order valence-corrected chi connectivity index (χ2v) is 12.9. The molecule has 0 aliphatic heterocycles. The number of carbonyl (C=O) groups is 1. The van der Waals surface area contributed by atoms with Gasteiger partial charge in [-0.15, -0.1) is 11.3 Å². The second-order valence-electron chi connectivity index (χ2n) is 10.1. The van der Waals surface area contributed by atoms with Gasteiger partial charge in [-0.2, -0.15) is 4.31 Å². The lowest BCUT2D eigenvalue weighted by molar-refractivity contribution is 0.0891. The summed E-state index contributed by atoms with van der Waals surface area (Å²) in [6.07, 6.45) is 1.17. The number of nitrogens with one attached hydrogen (secondary N) is 1. The molecule has 1 heterocycles. The maximum absolute atomic E-state index is 14.0. The van der Waals surface area contributed by atoms with Crippen LogP contribution in [0.15, 0.2) is 83.2 Å². The number of aromatic hydroxyl groups is 1. The minimum absolute atomic E-state index is 0.0156. The summed E-state index contributed by atoms with van der Waals surface area (Å²) in [7, 11) is -3.92. The fourth-order valence-corrected chi connectivity index (χ4v) is 7.00. The van der Waals surface area contributed by atoms with E-state index in [1.165, 1.54) is 27.8 Å². The quantitative estimate of drug-likeness (QED) is 0.211. The van der Waals surface area contributed by atoms with Gasteiger partial charge in [-0.1, -0.05) is 56.7 Å². The van der Waals surface area contributed by atoms with Gasteiger partial charge in [-0.05, 0) is 54.3 Å². The highest BCUT2D eigenvalue weighted by Gasteiger charge is 2.32. The molecule has 0 saturated carbocycles. The van der Waals surface area contributed by atoms with Crippen LogP contribution in [0.25, 0.3) is 10.2 Å². The zero-order chi connectivity index (χ0) is 28.7. The Bertz CT molecular complexity index is 1520. The van der Waals surface area contributed by atoms with Crippen molar-refractivity contribution in [3.05, 3.63) is 89.4 Å². The van der Waals surface area contributed by atoms with Crippen molar-refractivity contribution >= 4 is 37.5 Å². The van der Waals surface area contributed by atoms with Crippen molar-refractivity contribution in [1.82, 2.24) is 14.6 Å². The molecule has 40 heavy (non-hydrogen) atoms. The highest BCUT2D eigenvalue weighted by Crippen LogP contribution is 2.26. The highest BCUT2D eigenvalue weighted by atomic mass is 32.2. The van der Waals surface area contributed by atoms with Crippen LogP contribution in [0.3, 0.4) is 0 Å². The average molecular weight is 582 g/mol. The maximum Gasteiger partial charge on any atom is 0.251 e. The molecule has 0 saturated heterocycles. The summed E-state index contributed by atoms with van der Waals surface area (Å²) in [5, 5.41) is 23.4. The predicted molar refractivity (Wildman–Crippen MR) is 158 cm³/mol. The molecule has 4 aromatic rings. The van der Waals surface area contributed by atoms with Crippen LogP contribution in [0.2, 0.25) is 0 Å². The number of aliphatic hydroxyl groups is 1. The number of hydrogen-bond donors (Lipinski definition) is 3. The van der Waals surface area contributed by atoms with Gasteiger partial charge in [0.05, 0.1) is 20.6 Å². The van der Waals surface area contributed by atoms with Crippen LogP contribution >= 0.6 is 11.3 Å². The zero-order valence-electron chi connectivity index (χ0n) is 22.6. The molecule has 3 aromatic carbocycles.